The van der Waals surface area contributed by atoms with Crippen LogP contribution in [-0.2, 0) is 27.9 Å². The number of hydrogen-bond donors (Lipinski definition) is 1. The molecule has 0 aromatic carbocycles. The van der Waals surface area contributed by atoms with Crippen molar-refractivity contribution in [1.82, 2.24) is 5.32 Å². The van der Waals surface area contributed by atoms with Crippen molar-refractivity contribution in [1.29, 1.82) is 0 Å². The maximum absolute atomic E-state index is 13.5. The molecular formula is C70H131N2O7P. The lowest BCUT2D eigenvalue weighted by molar-refractivity contribution is -0.870. The summed E-state index contributed by atoms with van der Waals surface area (Å²) >= 11 is 0. The molecule has 0 aliphatic rings. The second-order valence-electron chi connectivity index (χ2n) is 24.3. The number of carbonyl (C=O) groups is 2. The van der Waals surface area contributed by atoms with Gasteiger partial charge < -0.3 is 28.5 Å². The van der Waals surface area contributed by atoms with Gasteiger partial charge in [-0.3, -0.25) is 14.2 Å². The minimum atomic E-state index is -4.71. The van der Waals surface area contributed by atoms with Crippen molar-refractivity contribution in [3.63, 3.8) is 0 Å². The van der Waals surface area contributed by atoms with Gasteiger partial charge in [-0.1, -0.05) is 300 Å². The zero-order chi connectivity index (χ0) is 58.6. The topological polar surface area (TPSA) is 114 Å². The van der Waals surface area contributed by atoms with Crippen LogP contribution in [0.2, 0.25) is 0 Å². The lowest BCUT2D eigenvalue weighted by atomic mass is 10.0. The van der Waals surface area contributed by atoms with E-state index in [4.69, 9.17) is 13.8 Å². The molecule has 0 saturated heterocycles. The molecule has 0 saturated carbocycles. The number of allylic oxidation sites excluding steroid dienone is 9. The molecule has 3 atom stereocenters. The highest BCUT2D eigenvalue weighted by Gasteiger charge is 2.27. The number of rotatable bonds is 62. The van der Waals surface area contributed by atoms with E-state index in [0.717, 1.165) is 83.5 Å². The minimum absolute atomic E-state index is 0.0288. The molecule has 0 bridgehead atoms. The average Bonchev–Trinajstić information content (AvgIpc) is 3.43. The first-order chi connectivity index (χ1) is 38.9. The summed E-state index contributed by atoms with van der Waals surface area (Å²) in [5.41, 5.74) is 0. The van der Waals surface area contributed by atoms with Crippen LogP contribution in [0.25, 0.3) is 0 Å². The van der Waals surface area contributed by atoms with Crippen LogP contribution in [0.1, 0.15) is 323 Å². The van der Waals surface area contributed by atoms with E-state index in [1.54, 1.807) is 0 Å². The SMILES string of the molecule is CC/C=C/C/C=C/C/C=C/C/C=C/CCCCCC(=O)NC(COP(=O)([O-])OCC[N+](C)(C)C)C(/C=C\CCCCCCCCCCC)OC(=O)CCCCCCCCCCCCCCCCCCCCCCCCCCCCC. The smallest absolute Gasteiger partial charge is 0.306 e. The number of unbranched alkanes of at least 4 members (excludes halogenated alkanes) is 38. The normalized spacial score (nSPS) is 13.9. The highest BCUT2D eigenvalue weighted by atomic mass is 31.2. The van der Waals surface area contributed by atoms with Crippen LogP contribution in [0.3, 0.4) is 0 Å². The summed E-state index contributed by atoms with van der Waals surface area (Å²) in [5.74, 6) is -0.567. The third-order valence-corrected chi connectivity index (χ3v) is 16.2. The molecule has 0 rings (SSSR count). The van der Waals surface area contributed by atoms with Crippen LogP contribution >= 0.6 is 7.82 Å². The van der Waals surface area contributed by atoms with E-state index in [9.17, 15) is 19.0 Å². The summed E-state index contributed by atoms with van der Waals surface area (Å²) in [6.07, 6.45) is 76.5. The summed E-state index contributed by atoms with van der Waals surface area (Å²) in [6.45, 7) is 6.73. The molecule has 3 unspecified atom stereocenters. The predicted octanol–water partition coefficient (Wildman–Crippen LogP) is 20.8. The van der Waals surface area contributed by atoms with Crippen molar-refractivity contribution >= 4 is 19.7 Å². The van der Waals surface area contributed by atoms with Crippen molar-refractivity contribution in [2.75, 3.05) is 40.9 Å². The number of carbonyl (C=O) groups excluding carboxylic acids is 2. The third kappa shape index (κ3) is 60.3. The Morgan fingerprint density at radius 2 is 0.800 bits per heavy atom. The number of phosphoric acid groups is 1. The molecule has 0 fully saturated rings. The largest absolute Gasteiger partial charge is 0.756 e. The number of nitrogens with zero attached hydrogens (tertiary/aromatic N) is 1. The number of nitrogens with one attached hydrogen (secondary N) is 1. The Kier molecular flexibility index (Phi) is 58.1. The zero-order valence-electron chi connectivity index (χ0n) is 53.5. The van der Waals surface area contributed by atoms with E-state index in [1.807, 2.05) is 33.3 Å². The lowest BCUT2D eigenvalue weighted by Gasteiger charge is -2.30. The highest BCUT2D eigenvalue weighted by molar-refractivity contribution is 7.45. The highest BCUT2D eigenvalue weighted by Crippen LogP contribution is 2.38. The Hall–Kier alpha value is -2.29. The van der Waals surface area contributed by atoms with Crippen molar-refractivity contribution < 1.29 is 37.3 Å². The molecule has 0 radical (unpaired) electrons. The van der Waals surface area contributed by atoms with Crippen LogP contribution < -0.4 is 10.2 Å². The van der Waals surface area contributed by atoms with E-state index in [-0.39, 0.29) is 31.3 Å². The molecule has 0 aliphatic carbocycles. The summed E-state index contributed by atoms with van der Waals surface area (Å²) < 4.78 is 30.3. The van der Waals surface area contributed by atoms with Gasteiger partial charge in [0.25, 0.3) is 7.82 Å². The van der Waals surface area contributed by atoms with Gasteiger partial charge in [-0.2, -0.15) is 0 Å². The number of phosphoric ester groups is 1. The molecule has 9 nitrogen and oxygen atoms in total. The number of quaternary nitrogens is 1. The molecule has 10 heteroatoms. The molecule has 80 heavy (non-hydrogen) atoms. The van der Waals surface area contributed by atoms with Gasteiger partial charge in [-0.15, -0.1) is 0 Å². The van der Waals surface area contributed by atoms with Gasteiger partial charge in [-0.25, -0.2) is 0 Å². The van der Waals surface area contributed by atoms with Gasteiger partial charge >= 0.3 is 5.97 Å². The van der Waals surface area contributed by atoms with Gasteiger partial charge in [0.1, 0.15) is 19.3 Å². The Bertz CT molecular complexity index is 1550. The summed E-state index contributed by atoms with van der Waals surface area (Å²) in [7, 11) is 1.17. The molecule has 0 aromatic rings. The van der Waals surface area contributed by atoms with E-state index in [0.29, 0.717) is 17.4 Å². The Morgan fingerprint density at radius 1 is 0.450 bits per heavy atom. The number of hydrogen-bond acceptors (Lipinski definition) is 7. The molecule has 0 spiro atoms. The summed E-state index contributed by atoms with van der Waals surface area (Å²) in [4.78, 5) is 40.0. The Balaban J connectivity index is 4.99. The summed E-state index contributed by atoms with van der Waals surface area (Å²) in [5, 5.41) is 3.01. The molecule has 1 N–H and O–H groups in total. The first-order valence-electron chi connectivity index (χ1n) is 34.1. The van der Waals surface area contributed by atoms with Crippen molar-refractivity contribution in [3.05, 3.63) is 60.8 Å². The van der Waals surface area contributed by atoms with Gasteiger partial charge in [0.2, 0.25) is 5.91 Å². The van der Waals surface area contributed by atoms with Crippen molar-refractivity contribution in [3.8, 4) is 0 Å². The lowest BCUT2D eigenvalue weighted by Crippen LogP contribution is -2.47. The van der Waals surface area contributed by atoms with Gasteiger partial charge in [-0.05, 0) is 70.3 Å². The Morgan fingerprint density at radius 3 is 1.21 bits per heavy atom. The fourth-order valence-electron chi connectivity index (χ4n) is 9.99. The van der Waals surface area contributed by atoms with Crippen molar-refractivity contribution in [2.24, 2.45) is 0 Å². The van der Waals surface area contributed by atoms with E-state index < -0.39 is 26.6 Å². The number of ether oxygens (including phenoxy) is 1. The Labute approximate surface area is 496 Å². The van der Waals surface area contributed by atoms with Crippen LogP contribution in [0.15, 0.2) is 60.8 Å². The zero-order valence-corrected chi connectivity index (χ0v) is 54.4. The maximum Gasteiger partial charge on any atom is 0.306 e. The third-order valence-electron chi connectivity index (χ3n) is 15.2. The fraction of sp³-hybridized carbons (Fsp3) is 0.829. The van der Waals surface area contributed by atoms with Crippen LogP contribution in [-0.4, -0.2) is 69.4 Å². The molecule has 0 aliphatic heterocycles. The van der Waals surface area contributed by atoms with Crippen molar-refractivity contribution in [2.45, 2.75) is 335 Å². The first-order valence-corrected chi connectivity index (χ1v) is 35.6. The maximum atomic E-state index is 13.5. The molecular weight excluding hydrogens is 1010 g/mol. The van der Waals surface area contributed by atoms with Gasteiger partial charge in [0.15, 0.2) is 0 Å². The van der Waals surface area contributed by atoms with Crippen LogP contribution in [0, 0.1) is 0 Å². The molecule has 1 amide bonds. The molecule has 0 aromatic heterocycles. The molecule has 0 heterocycles. The number of esters is 1. The quantitative estimate of drug-likeness (QED) is 0.0212. The monoisotopic (exact) mass is 1140 g/mol. The fourth-order valence-corrected chi connectivity index (χ4v) is 10.7. The van der Waals surface area contributed by atoms with Gasteiger partial charge in [0.05, 0.1) is 33.8 Å². The molecule has 468 valence electrons. The van der Waals surface area contributed by atoms with Crippen LogP contribution in [0.4, 0.5) is 0 Å². The average molecular weight is 1140 g/mol. The van der Waals surface area contributed by atoms with Crippen LogP contribution in [0.5, 0.6) is 0 Å². The van der Waals surface area contributed by atoms with E-state index >= 15 is 0 Å². The second kappa shape index (κ2) is 59.9. The second-order valence-corrected chi connectivity index (χ2v) is 25.7. The van der Waals surface area contributed by atoms with E-state index in [2.05, 4.69) is 74.7 Å². The van der Waals surface area contributed by atoms with E-state index in [1.165, 1.54) is 199 Å². The number of amides is 1. The predicted molar refractivity (Wildman–Crippen MR) is 344 cm³/mol. The minimum Gasteiger partial charge on any atom is -0.756 e. The summed E-state index contributed by atoms with van der Waals surface area (Å²) in [6, 6.07) is -0.904. The first kappa shape index (κ1) is 77.7. The standard InChI is InChI=1S/C70H131N2O7P/c1-7-10-13-16-19-22-25-27-29-31-32-33-34-35-36-37-38-39-40-41-43-45-48-51-54-57-60-63-70(74)79-68(61-58-55-52-49-46-24-21-18-15-12-9-3)67(66-78-80(75,76)77-65-64-72(4,5)6)71-69(73)62-59-56-53-50-47-44-42-30-28-26-23-20-17-14-11-8-2/h11,14,20,23,28,30,44,47,58,61,67-68H,7-10,12-13,15-19,21-22,24-27,29,31-43,45-46,48-57,59-60,62-66H2,1-6H3,(H-,71,73,75,76)/b14-11+,23-20+,30-28+,47-44+,61-58-. The van der Waals surface area contributed by atoms with Gasteiger partial charge in [0, 0.05) is 12.8 Å². The number of likely N-dealkylation sites (N-methyl/N-ethyl adjacent to an activating group) is 1.